The Labute approximate surface area is 172 Å². The van der Waals surface area contributed by atoms with E-state index in [0.29, 0.717) is 23.8 Å². The number of allylic oxidation sites excluding steroid dienone is 1. The molecule has 2 unspecified atom stereocenters. The van der Waals surface area contributed by atoms with Crippen LogP contribution < -0.4 is 0 Å². The second-order valence-electron chi connectivity index (χ2n) is 8.41. The van der Waals surface area contributed by atoms with Crippen LogP contribution in [0.5, 0.6) is 0 Å². The van der Waals surface area contributed by atoms with Crippen LogP contribution in [0.2, 0.25) is 0 Å². The molecular weight excluding hydrogens is 380 g/mol. The van der Waals surface area contributed by atoms with Crippen molar-refractivity contribution < 1.29 is 40.2 Å². The number of rotatable bonds is 15. The lowest BCUT2D eigenvalue weighted by Gasteiger charge is -2.26. The normalized spacial score (nSPS) is 18.8. The number of carbonyl (C=O) groups excluding carboxylic acids is 1. The van der Waals surface area contributed by atoms with E-state index in [1.165, 1.54) is 18.9 Å². The van der Waals surface area contributed by atoms with Gasteiger partial charge in [-0.2, -0.15) is 0 Å². The lowest BCUT2D eigenvalue weighted by molar-refractivity contribution is -0.169. The van der Waals surface area contributed by atoms with E-state index in [4.69, 9.17) is 5.11 Å². The quantitative estimate of drug-likeness (QED) is 0.215. The van der Waals surface area contributed by atoms with E-state index in [2.05, 4.69) is 20.8 Å². The number of aliphatic carboxylic acids is 1. The van der Waals surface area contributed by atoms with Gasteiger partial charge < -0.3 is 30.6 Å². The highest BCUT2D eigenvalue weighted by molar-refractivity contribution is 5.94. The Kier molecular flexibility index (Phi) is 13.2. The van der Waals surface area contributed by atoms with E-state index in [-0.39, 0.29) is 0 Å². The summed E-state index contributed by atoms with van der Waals surface area (Å²) in [5, 5.41) is 56.7. The minimum Gasteiger partial charge on any atom is -0.479 e. The fourth-order valence-electron chi connectivity index (χ4n) is 3.04. The summed E-state index contributed by atoms with van der Waals surface area (Å²) < 4.78 is 0. The van der Waals surface area contributed by atoms with E-state index in [1.807, 2.05) is 0 Å². The summed E-state index contributed by atoms with van der Waals surface area (Å²) in [6.07, 6.45) is -3.74. The Balaban J connectivity index is 4.51. The van der Waals surface area contributed by atoms with Crippen molar-refractivity contribution in [2.24, 2.45) is 11.8 Å². The third kappa shape index (κ3) is 10.9. The average molecular weight is 419 g/mol. The highest BCUT2D eigenvalue weighted by Gasteiger charge is 2.38. The molecular formula is C21H38O8. The van der Waals surface area contributed by atoms with Crippen LogP contribution in [-0.4, -0.2) is 72.9 Å². The second kappa shape index (κ2) is 13.8. The molecule has 0 aliphatic heterocycles. The Bertz CT molecular complexity index is 531. The summed E-state index contributed by atoms with van der Waals surface area (Å²) in [6, 6.07) is 0. The number of carboxylic acid groups (broad SMARTS) is 1. The zero-order valence-corrected chi connectivity index (χ0v) is 17.9. The Morgan fingerprint density at radius 2 is 1.31 bits per heavy atom. The SMILES string of the molecule is CC(=CC(=O)C(O)[C@@H](O)[C@@H](O)[C@H](O)[C@H](O)C(=O)O)CCCC(C)CCCC(C)C. The van der Waals surface area contributed by atoms with Crippen LogP contribution in [-0.2, 0) is 9.59 Å². The minimum atomic E-state index is -2.36. The van der Waals surface area contributed by atoms with Gasteiger partial charge in [0.15, 0.2) is 11.9 Å². The molecule has 0 aromatic heterocycles. The maximum Gasteiger partial charge on any atom is 0.335 e. The van der Waals surface area contributed by atoms with Crippen LogP contribution in [0.1, 0.15) is 66.2 Å². The third-order valence-corrected chi connectivity index (χ3v) is 5.03. The Morgan fingerprint density at radius 1 is 0.793 bits per heavy atom. The number of hydrogen-bond acceptors (Lipinski definition) is 7. The van der Waals surface area contributed by atoms with E-state index in [1.54, 1.807) is 6.92 Å². The molecule has 0 bridgehead atoms. The van der Waals surface area contributed by atoms with E-state index < -0.39 is 42.3 Å². The van der Waals surface area contributed by atoms with Gasteiger partial charge in [0.25, 0.3) is 0 Å². The Morgan fingerprint density at radius 3 is 1.83 bits per heavy atom. The van der Waals surface area contributed by atoms with Gasteiger partial charge in [-0.3, -0.25) is 4.79 Å². The molecule has 0 amide bonds. The molecule has 29 heavy (non-hydrogen) atoms. The number of hydrogen-bond donors (Lipinski definition) is 6. The first-order valence-electron chi connectivity index (χ1n) is 10.2. The van der Waals surface area contributed by atoms with Gasteiger partial charge in [-0.15, -0.1) is 0 Å². The van der Waals surface area contributed by atoms with Crippen molar-refractivity contribution in [3.63, 3.8) is 0 Å². The van der Waals surface area contributed by atoms with Crippen molar-refractivity contribution in [2.75, 3.05) is 0 Å². The van der Waals surface area contributed by atoms with Crippen molar-refractivity contribution in [2.45, 2.75) is 96.7 Å². The average Bonchev–Trinajstić information content (AvgIpc) is 2.64. The predicted molar refractivity (Wildman–Crippen MR) is 108 cm³/mol. The predicted octanol–water partition coefficient (Wildman–Crippen LogP) is 1.02. The molecule has 6 atom stereocenters. The Hall–Kier alpha value is -1.32. The third-order valence-electron chi connectivity index (χ3n) is 5.03. The zero-order valence-electron chi connectivity index (χ0n) is 17.9. The zero-order chi connectivity index (χ0) is 22.7. The fraction of sp³-hybridized carbons (Fsp3) is 0.810. The van der Waals surface area contributed by atoms with Crippen molar-refractivity contribution in [3.8, 4) is 0 Å². The molecule has 0 aromatic rings. The van der Waals surface area contributed by atoms with Gasteiger partial charge in [0.05, 0.1) is 0 Å². The minimum absolute atomic E-state index is 0.585. The maximum absolute atomic E-state index is 12.1. The smallest absolute Gasteiger partial charge is 0.335 e. The molecule has 8 heteroatoms. The molecule has 0 aliphatic rings. The van der Waals surface area contributed by atoms with Gasteiger partial charge in [-0.1, -0.05) is 52.0 Å². The van der Waals surface area contributed by atoms with Gasteiger partial charge in [0, 0.05) is 0 Å². The summed E-state index contributed by atoms with van der Waals surface area (Å²) in [7, 11) is 0. The first-order chi connectivity index (χ1) is 13.4. The van der Waals surface area contributed by atoms with Crippen LogP contribution in [0.3, 0.4) is 0 Å². The van der Waals surface area contributed by atoms with Crippen molar-refractivity contribution in [1.29, 1.82) is 0 Å². The van der Waals surface area contributed by atoms with E-state index in [0.717, 1.165) is 19.3 Å². The lowest BCUT2D eigenvalue weighted by atomic mass is 9.93. The summed E-state index contributed by atoms with van der Waals surface area (Å²) in [4.78, 5) is 22.7. The fourth-order valence-corrected chi connectivity index (χ4v) is 3.04. The molecule has 0 rings (SSSR count). The first-order valence-corrected chi connectivity index (χ1v) is 10.2. The summed E-state index contributed by atoms with van der Waals surface area (Å²) in [5.41, 5.74) is 0.705. The van der Waals surface area contributed by atoms with Crippen molar-refractivity contribution in [1.82, 2.24) is 0 Å². The molecule has 0 radical (unpaired) electrons. The standard InChI is InChI=1S/C21H38O8/c1-12(2)7-5-8-13(3)9-6-10-14(4)11-15(22)16(23)17(24)18(25)19(26)20(27)21(28)29/h11-13,16-20,23-27H,5-10H2,1-4H3,(H,28,29)/t13?,16?,17-,18-,19+,20+/m1/s1. The van der Waals surface area contributed by atoms with Gasteiger partial charge in [0.1, 0.15) is 24.4 Å². The van der Waals surface area contributed by atoms with Crippen LogP contribution in [0.25, 0.3) is 0 Å². The van der Waals surface area contributed by atoms with Crippen LogP contribution in [0.15, 0.2) is 11.6 Å². The molecule has 0 saturated heterocycles. The molecule has 0 spiro atoms. The highest BCUT2D eigenvalue weighted by atomic mass is 16.4. The van der Waals surface area contributed by atoms with E-state index in [9.17, 15) is 35.1 Å². The van der Waals surface area contributed by atoms with Gasteiger partial charge in [-0.25, -0.2) is 4.79 Å². The molecule has 0 aliphatic carbocycles. The van der Waals surface area contributed by atoms with Gasteiger partial charge >= 0.3 is 5.97 Å². The second-order valence-corrected chi connectivity index (χ2v) is 8.41. The molecule has 170 valence electrons. The number of carbonyl (C=O) groups is 2. The largest absolute Gasteiger partial charge is 0.479 e. The molecule has 6 N–H and O–H groups in total. The number of ketones is 1. The summed E-state index contributed by atoms with van der Waals surface area (Å²) >= 11 is 0. The monoisotopic (exact) mass is 418 g/mol. The van der Waals surface area contributed by atoms with Crippen LogP contribution in [0, 0.1) is 11.8 Å². The van der Waals surface area contributed by atoms with Crippen LogP contribution in [0.4, 0.5) is 0 Å². The van der Waals surface area contributed by atoms with Crippen LogP contribution >= 0.6 is 0 Å². The topological polar surface area (TPSA) is 156 Å². The van der Waals surface area contributed by atoms with Gasteiger partial charge in [-0.05, 0) is 37.7 Å². The number of carboxylic acids is 1. The molecule has 0 fully saturated rings. The summed E-state index contributed by atoms with van der Waals surface area (Å²) in [5.74, 6) is -1.39. The first kappa shape index (κ1) is 27.7. The number of aliphatic hydroxyl groups is 5. The number of aliphatic hydroxyl groups excluding tert-OH is 5. The summed E-state index contributed by atoms with van der Waals surface area (Å²) in [6.45, 7) is 8.33. The lowest BCUT2D eigenvalue weighted by Crippen LogP contribution is -2.52. The molecule has 0 saturated carbocycles. The van der Waals surface area contributed by atoms with Gasteiger partial charge in [0.2, 0.25) is 0 Å². The van der Waals surface area contributed by atoms with Crippen molar-refractivity contribution >= 4 is 11.8 Å². The molecule has 8 nitrogen and oxygen atoms in total. The highest BCUT2D eigenvalue weighted by Crippen LogP contribution is 2.19. The maximum atomic E-state index is 12.1. The molecule has 0 aromatic carbocycles. The van der Waals surface area contributed by atoms with Crippen molar-refractivity contribution in [3.05, 3.63) is 11.6 Å². The molecule has 0 heterocycles. The van der Waals surface area contributed by atoms with E-state index >= 15 is 0 Å².